The van der Waals surface area contributed by atoms with Crippen molar-refractivity contribution in [1.82, 2.24) is 14.7 Å². The zero-order chi connectivity index (χ0) is 18.1. The van der Waals surface area contributed by atoms with Crippen LogP contribution < -0.4 is 0 Å². The second-order valence-corrected chi connectivity index (χ2v) is 6.40. The van der Waals surface area contributed by atoms with E-state index in [0.717, 1.165) is 18.0 Å². The van der Waals surface area contributed by atoms with Gasteiger partial charge in [-0.25, -0.2) is 9.37 Å². The number of hydrogen-bond acceptors (Lipinski definition) is 7. The number of aliphatic imine (C=N–C) groups is 1. The third-order valence-corrected chi connectivity index (χ3v) is 4.70. The van der Waals surface area contributed by atoms with Crippen molar-refractivity contribution in [2.45, 2.75) is 12.1 Å². The van der Waals surface area contributed by atoms with Crippen LogP contribution in [0.1, 0.15) is 0 Å². The van der Waals surface area contributed by atoms with Crippen molar-refractivity contribution < 1.29 is 29.1 Å². The molecule has 2 atom stereocenters. The van der Waals surface area contributed by atoms with E-state index in [1.165, 1.54) is 11.9 Å². The molecule has 10 heteroatoms. The molecule has 2 N–H and O–H groups in total. The zero-order valence-corrected chi connectivity index (χ0v) is 14.5. The van der Waals surface area contributed by atoms with E-state index >= 15 is 0 Å². The molecule has 2 saturated heterocycles. The number of amides is 3. The molecule has 3 heterocycles. The fourth-order valence-electron chi connectivity index (χ4n) is 3.23. The van der Waals surface area contributed by atoms with Gasteiger partial charge in [-0.1, -0.05) is 0 Å². The Morgan fingerprint density at radius 1 is 1.28 bits per heavy atom. The van der Waals surface area contributed by atoms with Crippen molar-refractivity contribution in [2.75, 3.05) is 60.1 Å². The van der Waals surface area contributed by atoms with E-state index in [4.69, 9.17) is 4.74 Å². The molecule has 0 radical (unpaired) electrons. The van der Waals surface area contributed by atoms with Crippen LogP contribution in [0.4, 0.5) is 4.79 Å². The quantitative estimate of drug-likeness (QED) is 0.524. The molecule has 0 aromatic heterocycles. The van der Waals surface area contributed by atoms with Crippen LogP contribution >= 0.6 is 0 Å². The highest BCUT2D eigenvalue weighted by atomic mass is 16.5. The predicted molar refractivity (Wildman–Crippen MR) is 87.6 cm³/mol. The van der Waals surface area contributed by atoms with E-state index in [-0.39, 0.29) is 12.5 Å². The summed E-state index contributed by atoms with van der Waals surface area (Å²) in [5.41, 5.74) is 0. The molecule has 0 bridgehead atoms. The van der Waals surface area contributed by atoms with Gasteiger partial charge in [-0.15, -0.1) is 0 Å². The topological polar surface area (TPSA) is 109 Å². The smallest absolute Gasteiger partial charge is 0.333 e. The van der Waals surface area contributed by atoms with Crippen LogP contribution in [0, 0.1) is 0 Å². The molecule has 138 valence electrons. The molecule has 0 aliphatic carbocycles. The number of carbonyl (C=O) groups excluding carboxylic acids is 2. The Morgan fingerprint density at radius 3 is 2.60 bits per heavy atom. The fourth-order valence-corrected chi connectivity index (χ4v) is 3.23. The number of fused-ring (bicyclic) bond motifs is 1. The predicted octanol–water partition coefficient (Wildman–Crippen LogP) is -2.61. The number of β-amino-alcohol motifs (C(OH)–C–C–N with tert-alkyl or cyclic N) is 1. The number of nitrogens with zero attached hydrogens (tertiary/aromatic N) is 5. The van der Waals surface area contributed by atoms with Crippen LogP contribution in [0.5, 0.6) is 0 Å². The van der Waals surface area contributed by atoms with Crippen LogP contribution in [0.2, 0.25) is 0 Å². The Bertz CT molecular complexity index is 628. The Hall–Kier alpha value is -1.88. The number of imide groups is 1. The maximum absolute atomic E-state index is 12.6. The lowest BCUT2D eigenvalue weighted by atomic mass is 10.1. The number of amidine groups is 2. The molecule has 0 spiro atoms. The minimum absolute atomic E-state index is 0.0649. The number of aliphatic hydroxyl groups excluding tert-OH is 2. The van der Waals surface area contributed by atoms with Gasteiger partial charge in [-0.05, 0) is 4.99 Å². The maximum Gasteiger partial charge on any atom is 0.333 e. The number of urea groups is 1. The Morgan fingerprint density at radius 2 is 1.96 bits per heavy atom. The molecule has 3 amide bonds. The molecule has 0 aromatic rings. The minimum atomic E-state index is -1.00. The summed E-state index contributed by atoms with van der Waals surface area (Å²) >= 11 is 0. The summed E-state index contributed by atoms with van der Waals surface area (Å²) < 4.78 is 7.03. The van der Waals surface area contributed by atoms with Gasteiger partial charge in [0.1, 0.15) is 19.2 Å². The van der Waals surface area contributed by atoms with Crippen LogP contribution in [0.15, 0.2) is 4.99 Å². The van der Waals surface area contributed by atoms with Crippen LogP contribution in [-0.2, 0) is 9.53 Å². The Balaban J connectivity index is 1.92. The summed E-state index contributed by atoms with van der Waals surface area (Å²) in [6.07, 6.45) is -1.00. The van der Waals surface area contributed by atoms with Crippen LogP contribution in [0.25, 0.3) is 0 Å². The number of morpholine rings is 1. The second kappa shape index (κ2) is 7.16. The van der Waals surface area contributed by atoms with Gasteiger partial charge in [0.25, 0.3) is 17.8 Å². The van der Waals surface area contributed by atoms with Gasteiger partial charge < -0.3 is 14.9 Å². The van der Waals surface area contributed by atoms with E-state index in [1.54, 1.807) is 11.6 Å². The maximum atomic E-state index is 12.6. The third kappa shape index (κ3) is 3.30. The largest absolute Gasteiger partial charge is 0.394 e. The molecular formula is C15H24N5O5+. The Kier molecular flexibility index (Phi) is 5.13. The lowest BCUT2D eigenvalue weighted by molar-refractivity contribution is -0.545. The molecule has 10 nitrogen and oxygen atoms in total. The minimum Gasteiger partial charge on any atom is -0.394 e. The van der Waals surface area contributed by atoms with Gasteiger partial charge >= 0.3 is 11.9 Å². The molecule has 3 rings (SSSR count). The number of carbonyl (C=O) groups is 2. The molecule has 25 heavy (non-hydrogen) atoms. The average molecular weight is 354 g/mol. The number of aliphatic hydroxyl groups is 2. The summed E-state index contributed by atoms with van der Waals surface area (Å²) in [7, 11) is 3.01. The molecular weight excluding hydrogens is 330 g/mol. The number of rotatable bonds is 5. The fraction of sp³-hybridized carbons (Fsp3) is 0.733. The highest BCUT2D eigenvalue weighted by Gasteiger charge is 2.53. The standard InChI is InChI=1S/C15H24N5O5/c1-17-13-12(14(23)18(2)15(17)24)20(7-10(22)9-21)11(16-13)8-19-3-5-25-6-4-19/h10,12,21-22H,3-9H2,1-2H3/q+1. The molecule has 0 aromatic carbocycles. The SMILES string of the molecule is CN1C(=O)C2C(=NC(CN3CCOCC3)=[N+]2CC(O)CO)N(C)C1=O. The van der Waals surface area contributed by atoms with Crippen molar-refractivity contribution in [3.63, 3.8) is 0 Å². The van der Waals surface area contributed by atoms with Crippen molar-refractivity contribution in [3.05, 3.63) is 0 Å². The highest BCUT2D eigenvalue weighted by Crippen LogP contribution is 2.19. The summed E-state index contributed by atoms with van der Waals surface area (Å²) in [6, 6.07) is -1.19. The van der Waals surface area contributed by atoms with E-state index < -0.39 is 24.8 Å². The summed E-state index contributed by atoms with van der Waals surface area (Å²) in [6.45, 7) is 2.90. The first-order valence-electron chi connectivity index (χ1n) is 8.29. The number of ether oxygens (including phenoxy) is 1. The lowest BCUT2D eigenvalue weighted by Gasteiger charge is -2.31. The average Bonchev–Trinajstić information content (AvgIpc) is 2.97. The zero-order valence-electron chi connectivity index (χ0n) is 14.5. The first kappa shape index (κ1) is 17.9. The normalized spacial score (nSPS) is 26.2. The van der Waals surface area contributed by atoms with Crippen LogP contribution in [-0.4, -0.2) is 125 Å². The van der Waals surface area contributed by atoms with Crippen molar-refractivity contribution in [1.29, 1.82) is 0 Å². The second-order valence-electron chi connectivity index (χ2n) is 6.40. The summed E-state index contributed by atoms with van der Waals surface area (Å²) in [5, 5.41) is 19.1. The van der Waals surface area contributed by atoms with E-state index in [2.05, 4.69) is 9.89 Å². The highest BCUT2D eigenvalue weighted by molar-refractivity contribution is 6.23. The Labute approximate surface area is 145 Å². The van der Waals surface area contributed by atoms with Gasteiger partial charge in [0.15, 0.2) is 0 Å². The summed E-state index contributed by atoms with van der Waals surface area (Å²) in [5.74, 6) is 0.586. The van der Waals surface area contributed by atoms with Gasteiger partial charge in [0.05, 0.1) is 19.8 Å². The number of likely N-dealkylation sites (N-methyl/N-ethyl adjacent to an activating group) is 2. The van der Waals surface area contributed by atoms with E-state index in [1.807, 2.05) is 0 Å². The van der Waals surface area contributed by atoms with E-state index in [0.29, 0.717) is 31.4 Å². The van der Waals surface area contributed by atoms with Crippen molar-refractivity contribution in [2.24, 2.45) is 4.99 Å². The van der Waals surface area contributed by atoms with Gasteiger partial charge in [0.2, 0.25) is 0 Å². The molecule has 0 saturated carbocycles. The lowest BCUT2D eigenvalue weighted by Crippen LogP contribution is -2.62. The van der Waals surface area contributed by atoms with Crippen LogP contribution in [0.3, 0.4) is 0 Å². The molecule has 3 aliphatic heterocycles. The van der Waals surface area contributed by atoms with E-state index in [9.17, 15) is 19.8 Å². The molecule has 2 unspecified atom stereocenters. The summed E-state index contributed by atoms with van der Waals surface area (Å²) in [4.78, 5) is 33.9. The first-order chi connectivity index (χ1) is 11.9. The monoisotopic (exact) mass is 354 g/mol. The third-order valence-electron chi connectivity index (χ3n) is 4.70. The van der Waals surface area contributed by atoms with Crippen molar-refractivity contribution >= 4 is 23.6 Å². The van der Waals surface area contributed by atoms with Gasteiger partial charge in [-0.2, -0.15) is 0 Å². The molecule has 3 aliphatic rings. The first-order valence-corrected chi connectivity index (χ1v) is 8.29. The van der Waals surface area contributed by atoms with Gasteiger partial charge in [-0.3, -0.25) is 19.5 Å². The van der Waals surface area contributed by atoms with Gasteiger partial charge in [0, 0.05) is 27.2 Å². The van der Waals surface area contributed by atoms with Crippen molar-refractivity contribution in [3.8, 4) is 0 Å². The molecule has 2 fully saturated rings. The number of hydrogen-bond donors (Lipinski definition) is 2.